The van der Waals surface area contributed by atoms with Crippen LogP contribution in [0, 0.1) is 6.92 Å². The van der Waals surface area contributed by atoms with Crippen molar-refractivity contribution in [2.75, 3.05) is 25.1 Å². The van der Waals surface area contributed by atoms with Crippen LogP contribution in [-0.2, 0) is 11.3 Å². The molecule has 0 aromatic heterocycles. The highest BCUT2D eigenvalue weighted by Crippen LogP contribution is 2.37. The molecule has 0 aliphatic carbocycles. The van der Waals surface area contributed by atoms with Crippen molar-refractivity contribution in [2.45, 2.75) is 13.5 Å². The molecule has 0 atom stereocenters. The molecule has 1 aliphatic rings. The van der Waals surface area contributed by atoms with E-state index in [9.17, 15) is 4.79 Å². The maximum Gasteiger partial charge on any atom is 0.239 e. The van der Waals surface area contributed by atoms with Gasteiger partial charge in [-0.05, 0) is 12.5 Å². The molecule has 0 radical (unpaired) electrons. The third-order valence-electron chi connectivity index (χ3n) is 3.68. The van der Waals surface area contributed by atoms with Crippen molar-refractivity contribution in [1.82, 2.24) is 5.32 Å². The van der Waals surface area contributed by atoms with E-state index >= 15 is 0 Å². The lowest BCUT2D eigenvalue weighted by Gasteiger charge is -2.20. The summed E-state index contributed by atoms with van der Waals surface area (Å²) in [4.78, 5) is 12.0. The number of ether oxygens (including phenoxy) is 2. The topological polar surface area (TPSA) is 59.6 Å². The van der Waals surface area contributed by atoms with Crippen LogP contribution in [0.2, 0.25) is 5.02 Å². The van der Waals surface area contributed by atoms with Crippen molar-refractivity contribution in [1.29, 1.82) is 0 Å². The number of benzene rings is 2. The zero-order valence-corrected chi connectivity index (χ0v) is 14.2. The number of aryl methyl sites for hydroxylation is 1. The summed E-state index contributed by atoms with van der Waals surface area (Å²) < 4.78 is 11.0. The number of nitrogens with one attached hydrogen (secondary N) is 2. The molecule has 0 saturated heterocycles. The first-order valence-corrected chi connectivity index (χ1v) is 8.15. The minimum Gasteiger partial charge on any atom is -0.486 e. The number of fused-ring (bicyclic) bond motifs is 1. The van der Waals surface area contributed by atoms with Crippen LogP contribution in [0.4, 0.5) is 5.69 Å². The SMILES string of the molecule is Cc1ccc(CNC(=O)CNc2cc3c(cc2Cl)OCCO3)cc1. The molecular weight excluding hydrogens is 328 g/mol. The third-order valence-corrected chi connectivity index (χ3v) is 3.99. The first-order chi connectivity index (χ1) is 11.6. The van der Waals surface area contributed by atoms with Crippen LogP contribution in [0.25, 0.3) is 0 Å². The van der Waals surface area contributed by atoms with Crippen molar-refractivity contribution in [2.24, 2.45) is 0 Å². The van der Waals surface area contributed by atoms with Crippen molar-refractivity contribution in [3.8, 4) is 11.5 Å². The number of carbonyl (C=O) groups is 1. The zero-order chi connectivity index (χ0) is 16.9. The normalized spacial score (nSPS) is 12.6. The summed E-state index contributed by atoms with van der Waals surface area (Å²) in [5.74, 6) is 1.15. The molecular formula is C18H19ClN2O3. The van der Waals surface area contributed by atoms with Crippen molar-refractivity contribution >= 4 is 23.2 Å². The van der Waals surface area contributed by atoms with E-state index in [1.807, 2.05) is 31.2 Å². The quantitative estimate of drug-likeness (QED) is 0.873. The average molecular weight is 347 g/mol. The Hall–Kier alpha value is -2.40. The van der Waals surface area contributed by atoms with Gasteiger partial charge in [0.05, 0.1) is 17.3 Å². The fourth-order valence-corrected chi connectivity index (χ4v) is 2.56. The van der Waals surface area contributed by atoms with Gasteiger partial charge in [-0.1, -0.05) is 41.4 Å². The van der Waals surface area contributed by atoms with Gasteiger partial charge in [0.15, 0.2) is 11.5 Å². The van der Waals surface area contributed by atoms with Crippen LogP contribution < -0.4 is 20.1 Å². The smallest absolute Gasteiger partial charge is 0.239 e. The van der Waals surface area contributed by atoms with Gasteiger partial charge in [-0.15, -0.1) is 0 Å². The van der Waals surface area contributed by atoms with E-state index in [0.29, 0.717) is 42.0 Å². The van der Waals surface area contributed by atoms with Gasteiger partial charge in [0.25, 0.3) is 0 Å². The van der Waals surface area contributed by atoms with Gasteiger partial charge in [0.2, 0.25) is 5.91 Å². The monoisotopic (exact) mass is 346 g/mol. The van der Waals surface area contributed by atoms with E-state index in [2.05, 4.69) is 10.6 Å². The highest BCUT2D eigenvalue weighted by molar-refractivity contribution is 6.33. The van der Waals surface area contributed by atoms with Crippen molar-refractivity contribution in [3.63, 3.8) is 0 Å². The first-order valence-electron chi connectivity index (χ1n) is 7.77. The Labute approximate surface area is 145 Å². The molecule has 0 saturated carbocycles. The maximum absolute atomic E-state index is 12.0. The Kier molecular flexibility index (Phi) is 5.11. The Bertz CT molecular complexity index is 732. The maximum atomic E-state index is 12.0. The molecule has 0 unspecified atom stereocenters. The van der Waals surface area contributed by atoms with E-state index < -0.39 is 0 Å². The number of carbonyl (C=O) groups excluding carboxylic acids is 1. The number of rotatable bonds is 5. The van der Waals surface area contributed by atoms with E-state index in [-0.39, 0.29) is 12.5 Å². The predicted molar refractivity (Wildman–Crippen MR) is 94.0 cm³/mol. The second-order valence-electron chi connectivity index (χ2n) is 5.59. The van der Waals surface area contributed by atoms with Crippen LogP contribution in [-0.4, -0.2) is 25.7 Å². The van der Waals surface area contributed by atoms with Gasteiger partial charge in [-0.3, -0.25) is 4.79 Å². The van der Waals surface area contributed by atoms with Crippen LogP contribution in [0.15, 0.2) is 36.4 Å². The van der Waals surface area contributed by atoms with E-state index in [1.54, 1.807) is 12.1 Å². The molecule has 2 aromatic rings. The Morgan fingerprint density at radius 3 is 2.50 bits per heavy atom. The fourth-order valence-electron chi connectivity index (χ4n) is 2.34. The number of halogens is 1. The largest absolute Gasteiger partial charge is 0.486 e. The molecule has 0 spiro atoms. The van der Waals surface area contributed by atoms with Gasteiger partial charge in [-0.25, -0.2) is 0 Å². The van der Waals surface area contributed by atoms with Gasteiger partial charge < -0.3 is 20.1 Å². The molecule has 1 heterocycles. The molecule has 1 aliphatic heterocycles. The molecule has 6 heteroatoms. The molecule has 2 N–H and O–H groups in total. The minimum atomic E-state index is -0.110. The molecule has 1 amide bonds. The van der Waals surface area contributed by atoms with Gasteiger partial charge in [0.1, 0.15) is 13.2 Å². The Morgan fingerprint density at radius 1 is 1.12 bits per heavy atom. The molecule has 0 bridgehead atoms. The summed E-state index contributed by atoms with van der Waals surface area (Å²) in [7, 11) is 0. The predicted octanol–water partition coefficient (Wildman–Crippen LogP) is 3.15. The summed E-state index contributed by atoms with van der Waals surface area (Å²) in [6.45, 7) is 3.67. The fraction of sp³-hybridized carbons (Fsp3) is 0.278. The first kappa shape index (κ1) is 16.5. The Morgan fingerprint density at radius 2 is 1.79 bits per heavy atom. The lowest BCUT2D eigenvalue weighted by atomic mass is 10.1. The summed E-state index contributed by atoms with van der Waals surface area (Å²) in [5, 5.41) is 6.39. The van der Waals surface area contributed by atoms with E-state index in [0.717, 1.165) is 5.56 Å². The van der Waals surface area contributed by atoms with Gasteiger partial charge in [0, 0.05) is 18.7 Å². The van der Waals surface area contributed by atoms with Crippen molar-refractivity contribution < 1.29 is 14.3 Å². The summed E-state index contributed by atoms with van der Waals surface area (Å²) in [6.07, 6.45) is 0. The standard InChI is InChI=1S/C18H19ClN2O3/c1-12-2-4-13(5-3-12)10-21-18(22)11-20-15-9-17-16(8-14(15)19)23-6-7-24-17/h2-5,8-9,20H,6-7,10-11H2,1H3,(H,21,22). The average Bonchev–Trinajstić information content (AvgIpc) is 2.59. The second kappa shape index (κ2) is 7.45. The highest BCUT2D eigenvalue weighted by atomic mass is 35.5. The highest BCUT2D eigenvalue weighted by Gasteiger charge is 2.15. The second-order valence-corrected chi connectivity index (χ2v) is 6.00. The van der Waals surface area contributed by atoms with Crippen LogP contribution in [0.3, 0.4) is 0 Å². The lowest BCUT2D eigenvalue weighted by Crippen LogP contribution is -2.29. The third kappa shape index (κ3) is 4.11. The van der Waals surface area contributed by atoms with Crippen LogP contribution >= 0.6 is 11.6 Å². The molecule has 2 aromatic carbocycles. The number of anilines is 1. The van der Waals surface area contributed by atoms with E-state index in [1.165, 1.54) is 5.56 Å². The van der Waals surface area contributed by atoms with Gasteiger partial charge in [-0.2, -0.15) is 0 Å². The molecule has 126 valence electrons. The van der Waals surface area contributed by atoms with E-state index in [4.69, 9.17) is 21.1 Å². The van der Waals surface area contributed by atoms with Gasteiger partial charge >= 0.3 is 0 Å². The van der Waals surface area contributed by atoms with Crippen LogP contribution in [0.5, 0.6) is 11.5 Å². The molecule has 0 fully saturated rings. The van der Waals surface area contributed by atoms with Crippen molar-refractivity contribution in [3.05, 3.63) is 52.5 Å². The Balaban J connectivity index is 1.53. The molecule has 5 nitrogen and oxygen atoms in total. The number of hydrogen-bond donors (Lipinski definition) is 2. The molecule has 24 heavy (non-hydrogen) atoms. The lowest BCUT2D eigenvalue weighted by molar-refractivity contribution is -0.119. The minimum absolute atomic E-state index is 0.110. The zero-order valence-electron chi connectivity index (χ0n) is 13.4. The summed E-state index contributed by atoms with van der Waals surface area (Å²) in [5.41, 5.74) is 2.90. The number of hydrogen-bond acceptors (Lipinski definition) is 4. The van der Waals surface area contributed by atoms with Crippen LogP contribution in [0.1, 0.15) is 11.1 Å². The summed E-state index contributed by atoms with van der Waals surface area (Å²) in [6, 6.07) is 11.5. The number of amides is 1. The molecule has 3 rings (SSSR count). The summed E-state index contributed by atoms with van der Waals surface area (Å²) >= 11 is 6.20.